The molecule has 0 heterocycles. The van der Waals surface area contributed by atoms with Crippen molar-refractivity contribution in [1.29, 1.82) is 0 Å². The van der Waals surface area contributed by atoms with Crippen molar-refractivity contribution in [1.82, 2.24) is 0 Å². The first-order valence-electron chi connectivity index (χ1n) is 6.50. The van der Waals surface area contributed by atoms with Gasteiger partial charge in [0.25, 0.3) is 0 Å². The molecule has 0 saturated heterocycles. The number of anilines is 1. The molecule has 0 bridgehead atoms. The molecule has 2 aromatic rings. The normalized spacial score (nSPS) is 14.1. The topological polar surface area (TPSA) is 52.3 Å². The molecule has 102 valence electrons. The summed E-state index contributed by atoms with van der Waals surface area (Å²) in [6.45, 7) is 0. The molecule has 4 heteroatoms. The van der Waals surface area contributed by atoms with Crippen LogP contribution in [0.5, 0.6) is 5.75 Å². The van der Waals surface area contributed by atoms with Gasteiger partial charge in [-0.05, 0) is 43.2 Å². The van der Waals surface area contributed by atoms with Crippen LogP contribution in [0.25, 0.3) is 0 Å². The minimum absolute atomic E-state index is 0.0346. The molecule has 0 unspecified atom stereocenters. The predicted octanol–water partition coefficient (Wildman–Crippen LogP) is 3.18. The van der Waals surface area contributed by atoms with Crippen LogP contribution in [0, 0.1) is 5.82 Å². The third kappa shape index (κ3) is 2.64. The van der Waals surface area contributed by atoms with Gasteiger partial charge in [0, 0.05) is 11.1 Å². The van der Waals surface area contributed by atoms with Crippen molar-refractivity contribution in [3.8, 4) is 5.75 Å². The summed E-state index contributed by atoms with van der Waals surface area (Å²) in [5, 5.41) is 0. The smallest absolute Gasteiger partial charge is 0.193 e. The first-order valence-corrected chi connectivity index (χ1v) is 6.50. The average molecular weight is 271 g/mol. The summed E-state index contributed by atoms with van der Waals surface area (Å²) in [7, 11) is 0. The van der Waals surface area contributed by atoms with Crippen molar-refractivity contribution in [2.24, 2.45) is 0 Å². The molecule has 3 nitrogen and oxygen atoms in total. The van der Waals surface area contributed by atoms with Gasteiger partial charge in [0.05, 0.1) is 11.8 Å². The molecule has 0 radical (unpaired) electrons. The molecule has 1 aliphatic rings. The molecule has 0 aliphatic heterocycles. The summed E-state index contributed by atoms with van der Waals surface area (Å²) >= 11 is 0. The Bertz CT molecular complexity index is 665. The monoisotopic (exact) mass is 271 g/mol. The van der Waals surface area contributed by atoms with Crippen LogP contribution in [-0.4, -0.2) is 11.9 Å². The van der Waals surface area contributed by atoms with E-state index in [0.717, 1.165) is 18.9 Å². The summed E-state index contributed by atoms with van der Waals surface area (Å²) in [4.78, 5) is 12.3. The highest BCUT2D eigenvalue weighted by molar-refractivity contribution is 6.09. The molecule has 0 aromatic heterocycles. The van der Waals surface area contributed by atoms with E-state index in [1.807, 2.05) is 6.07 Å². The maximum Gasteiger partial charge on any atom is 0.193 e. The molecular formula is C16H14FNO2. The Morgan fingerprint density at radius 3 is 2.60 bits per heavy atom. The zero-order chi connectivity index (χ0) is 14.1. The van der Waals surface area contributed by atoms with E-state index in [2.05, 4.69) is 0 Å². The Balaban J connectivity index is 1.86. The van der Waals surface area contributed by atoms with Crippen molar-refractivity contribution in [3.05, 3.63) is 59.4 Å². The lowest BCUT2D eigenvalue weighted by Gasteiger charge is -2.07. The summed E-state index contributed by atoms with van der Waals surface area (Å²) in [6, 6.07) is 11.0. The second-order valence-corrected chi connectivity index (χ2v) is 4.91. The largest absolute Gasteiger partial charge is 0.490 e. The van der Waals surface area contributed by atoms with Crippen molar-refractivity contribution in [2.45, 2.75) is 18.9 Å². The predicted molar refractivity (Wildman–Crippen MR) is 74.3 cm³/mol. The van der Waals surface area contributed by atoms with Gasteiger partial charge >= 0.3 is 0 Å². The van der Waals surface area contributed by atoms with Gasteiger partial charge in [0.2, 0.25) is 0 Å². The van der Waals surface area contributed by atoms with Crippen LogP contribution in [0.4, 0.5) is 10.1 Å². The fraction of sp³-hybridized carbons (Fsp3) is 0.188. The van der Waals surface area contributed by atoms with Crippen molar-refractivity contribution in [3.63, 3.8) is 0 Å². The first kappa shape index (κ1) is 12.7. The number of benzene rings is 2. The molecular weight excluding hydrogens is 257 g/mol. The number of carbonyl (C=O) groups is 1. The highest BCUT2D eigenvalue weighted by Gasteiger charge is 2.23. The molecule has 1 saturated carbocycles. The molecule has 0 amide bonds. The number of nitrogen functional groups attached to an aromatic ring is 1. The van der Waals surface area contributed by atoms with E-state index in [0.29, 0.717) is 11.3 Å². The minimum Gasteiger partial charge on any atom is -0.490 e. The van der Waals surface area contributed by atoms with E-state index in [1.165, 1.54) is 12.1 Å². The fourth-order valence-corrected chi connectivity index (χ4v) is 1.92. The van der Waals surface area contributed by atoms with Crippen molar-refractivity contribution in [2.75, 3.05) is 5.73 Å². The quantitative estimate of drug-likeness (QED) is 0.686. The van der Waals surface area contributed by atoms with E-state index in [-0.39, 0.29) is 23.1 Å². The third-order valence-electron chi connectivity index (χ3n) is 3.19. The molecule has 3 rings (SSSR count). The Labute approximate surface area is 116 Å². The lowest BCUT2D eigenvalue weighted by Crippen LogP contribution is -2.04. The van der Waals surface area contributed by atoms with Gasteiger partial charge in [-0.1, -0.05) is 12.1 Å². The molecule has 2 aromatic carbocycles. The Kier molecular flexibility index (Phi) is 3.14. The molecule has 1 aliphatic carbocycles. The van der Waals surface area contributed by atoms with Crippen LogP contribution in [0.15, 0.2) is 42.5 Å². The summed E-state index contributed by atoms with van der Waals surface area (Å²) in [5.74, 6) is -0.152. The highest BCUT2D eigenvalue weighted by Crippen LogP contribution is 2.27. The lowest BCUT2D eigenvalue weighted by atomic mass is 10.0. The summed E-state index contributed by atoms with van der Waals surface area (Å²) < 4.78 is 19.1. The molecule has 2 N–H and O–H groups in total. The minimum atomic E-state index is -0.582. The zero-order valence-electron chi connectivity index (χ0n) is 10.8. The standard InChI is InChI=1S/C16H14FNO2/c17-14-9-11(4-7-15(14)18)16(19)10-2-1-3-13(8-10)20-12-5-6-12/h1-4,7-9,12H,5-6,18H2. The SMILES string of the molecule is Nc1ccc(C(=O)c2cccc(OC3CC3)c2)cc1F. The number of ketones is 1. The molecule has 0 spiro atoms. The number of hydrogen-bond donors (Lipinski definition) is 1. The number of nitrogens with two attached hydrogens (primary N) is 1. The summed E-state index contributed by atoms with van der Waals surface area (Å²) in [5.41, 5.74) is 6.20. The van der Waals surface area contributed by atoms with Gasteiger partial charge in [-0.2, -0.15) is 0 Å². The third-order valence-corrected chi connectivity index (χ3v) is 3.19. The average Bonchev–Trinajstić information content (AvgIpc) is 3.25. The Morgan fingerprint density at radius 2 is 1.90 bits per heavy atom. The van der Waals surface area contributed by atoms with E-state index in [1.54, 1.807) is 18.2 Å². The second-order valence-electron chi connectivity index (χ2n) is 4.91. The van der Waals surface area contributed by atoms with Crippen molar-refractivity contribution < 1.29 is 13.9 Å². The highest BCUT2D eigenvalue weighted by atomic mass is 19.1. The van der Waals surface area contributed by atoms with E-state index in [4.69, 9.17) is 10.5 Å². The van der Waals surface area contributed by atoms with Gasteiger partial charge in [0.15, 0.2) is 5.78 Å². The van der Waals surface area contributed by atoms with Crippen LogP contribution in [0.2, 0.25) is 0 Å². The van der Waals surface area contributed by atoms with Crippen LogP contribution in [0.1, 0.15) is 28.8 Å². The maximum atomic E-state index is 13.4. The van der Waals surface area contributed by atoms with Gasteiger partial charge < -0.3 is 10.5 Å². The van der Waals surface area contributed by atoms with Crippen LogP contribution in [-0.2, 0) is 0 Å². The number of halogens is 1. The Hall–Kier alpha value is -2.36. The number of carbonyl (C=O) groups excluding carboxylic acids is 1. The number of ether oxygens (including phenoxy) is 1. The lowest BCUT2D eigenvalue weighted by molar-refractivity contribution is 0.103. The number of rotatable bonds is 4. The van der Waals surface area contributed by atoms with Gasteiger partial charge in [0.1, 0.15) is 11.6 Å². The molecule has 20 heavy (non-hydrogen) atoms. The van der Waals surface area contributed by atoms with Gasteiger partial charge in [-0.25, -0.2) is 4.39 Å². The number of hydrogen-bond acceptors (Lipinski definition) is 3. The molecule has 1 fully saturated rings. The van der Waals surface area contributed by atoms with Crippen LogP contribution in [0.3, 0.4) is 0 Å². The maximum absolute atomic E-state index is 13.4. The van der Waals surface area contributed by atoms with E-state index < -0.39 is 5.82 Å². The summed E-state index contributed by atoms with van der Waals surface area (Å²) in [6.07, 6.45) is 2.39. The van der Waals surface area contributed by atoms with Gasteiger partial charge in [-0.15, -0.1) is 0 Å². The zero-order valence-corrected chi connectivity index (χ0v) is 10.8. The molecule has 0 atom stereocenters. The van der Waals surface area contributed by atoms with E-state index in [9.17, 15) is 9.18 Å². The van der Waals surface area contributed by atoms with Crippen LogP contribution < -0.4 is 10.5 Å². The fourth-order valence-electron chi connectivity index (χ4n) is 1.92. The van der Waals surface area contributed by atoms with Gasteiger partial charge in [-0.3, -0.25) is 4.79 Å². The Morgan fingerprint density at radius 1 is 1.15 bits per heavy atom. The van der Waals surface area contributed by atoms with Crippen molar-refractivity contribution >= 4 is 11.5 Å². The first-order chi connectivity index (χ1) is 9.63. The van der Waals surface area contributed by atoms with Crippen LogP contribution >= 0.6 is 0 Å². The second kappa shape index (κ2) is 4.96. The van der Waals surface area contributed by atoms with E-state index >= 15 is 0 Å².